The van der Waals surface area contributed by atoms with Crippen LogP contribution in [0, 0.1) is 18.8 Å². The summed E-state index contributed by atoms with van der Waals surface area (Å²) in [5, 5.41) is 0. The van der Waals surface area contributed by atoms with Crippen LogP contribution in [0.2, 0.25) is 0 Å². The molecule has 1 amide bonds. The summed E-state index contributed by atoms with van der Waals surface area (Å²) in [6, 6.07) is 6.48. The van der Waals surface area contributed by atoms with E-state index in [9.17, 15) is 18.0 Å². The smallest absolute Gasteiger partial charge is 0.344 e. The van der Waals surface area contributed by atoms with Gasteiger partial charge in [0.15, 0.2) is 5.54 Å². The number of alkyl halides is 3. The summed E-state index contributed by atoms with van der Waals surface area (Å²) in [5.41, 5.74) is 4.24. The molecule has 0 unspecified atom stereocenters. The number of aromatic nitrogens is 2. The van der Waals surface area contributed by atoms with Crippen LogP contribution < -0.4 is 5.73 Å². The number of likely N-dealkylation sites (tertiary alicyclic amines) is 1. The van der Waals surface area contributed by atoms with Crippen LogP contribution in [0.5, 0.6) is 0 Å². The lowest BCUT2D eigenvalue weighted by Crippen LogP contribution is -2.75. The largest absolute Gasteiger partial charge is 0.416 e. The maximum Gasteiger partial charge on any atom is 0.416 e. The fraction of sp³-hybridized carbons (Fsp3) is 0.350. The number of hydrogen-bond donors (Lipinski definition) is 1. The normalized spacial score (nSPS) is 19.5. The van der Waals surface area contributed by atoms with Gasteiger partial charge in [0, 0.05) is 31.3 Å². The van der Waals surface area contributed by atoms with E-state index in [1.54, 1.807) is 24.9 Å². The Hall–Kier alpha value is -2.92. The average Bonchev–Trinajstić information content (AvgIpc) is 2.88. The Labute approximate surface area is 160 Å². The van der Waals surface area contributed by atoms with Gasteiger partial charge < -0.3 is 10.6 Å². The highest BCUT2D eigenvalue weighted by molar-refractivity contribution is 5.86. The molecule has 1 aliphatic heterocycles. The van der Waals surface area contributed by atoms with Gasteiger partial charge in [0.05, 0.1) is 17.7 Å². The Morgan fingerprint density at radius 3 is 2.50 bits per heavy atom. The summed E-state index contributed by atoms with van der Waals surface area (Å²) in [4.78, 5) is 22.4. The van der Waals surface area contributed by atoms with Gasteiger partial charge in [-0.2, -0.15) is 13.2 Å². The summed E-state index contributed by atoms with van der Waals surface area (Å²) < 4.78 is 38.2. The summed E-state index contributed by atoms with van der Waals surface area (Å²) in [5.74, 6) is 6.02. The quantitative estimate of drug-likeness (QED) is 0.799. The van der Waals surface area contributed by atoms with Crippen LogP contribution >= 0.6 is 0 Å². The number of halogens is 3. The lowest BCUT2D eigenvalue weighted by Gasteiger charge is -2.14. The first-order valence-corrected chi connectivity index (χ1v) is 8.72. The molecule has 1 aromatic heterocycles. The molecule has 0 saturated carbocycles. The molecular weight excluding hydrogens is 369 g/mol. The molecule has 1 aromatic carbocycles. The second-order valence-corrected chi connectivity index (χ2v) is 7.03. The zero-order valence-electron chi connectivity index (χ0n) is 15.6. The van der Waals surface area contributed by atoms with Crippen LogP contribution in [0.15, 0.2) is 30.3 Å². The molecule has 146 valence electrons. The Bertz CT molecular complexity index is 960. The van der Waals surface area contributed by atoms with Crippen molar-refractivity contribution in [2.24, 2.45) is 0 Å². The highest BCUT2D eigenvalue weighted by Crippen LogP contribution is 2.30. The second kappa shape index (κ2) is 7.24. The maximum atomic E-state index is 12.7. The van der Waals surface area contributed by atoms with E-state index in [0.29, 0.717) is 36.3 Å². The Morgan fingerprint density at radius 1 is 1.25 bits per heavy atom. The van der Waals surface area contributed by atoms with E-state index in [2.05, 4.69) is 27.5 Å². The van der Waals surface area contributed by atoms with Gasteiger partial charge in [-0.1, -0.05) is 18.1 Å². The van der Waals surface area contributed by atoms with Crippen LogP contribution in [-0.4, -0.2) is 39.9 Å². The van der Waals surface area contributed by atoms with E-state index >= 15 is 0 Å². The Morgan fingerprint density at radius 2 is 1.93 bits per heavy atom. The third kappa shape index (κ3) is 4.15. The molecule has 1 fully saturated rings. The third-order valence-corrected chi connectivity index (χ3v) is 4.72. The standard InChI is InChI=1S/C20H19F3N4O/c1-13-12-16(14-5-7-15(8-6-14)20(21,22)23)26-17(25-13)4-3-9-19(24)10-11-27(2)18(19)28/h5-8,12H,9-11,24H2,1-2H3/p+1/t19-/m0/s1. The number of aryl methyl sites for hydroxylation is 1. The van der Waals surface area contributed by atoms with Crippen molar-refractivity contribution in [1.82, 2.24) is 14.9 Å². The number of rotatable bonds is 2. The van der Waals surface area contributed by atoms with Gasteiger partial charge >= 0.3 is 6.18 Å². The zero-order valence-corrected chi connectivity index (χ0v) is 15.6. The summed E-state index contributed by atoms with van der Waals surface area (Å²) >= 11 is 0. The molecule has 1 atom stereocenters. The van der Waals surface area contributed by atoms with E-state index in [1.807, 2.05) is 0 Å². The topological polar surface area (TPSA) is 73.7 Å². The molecule has 1 aliphatic rings. The number of hydrogen-bond acceptors (Lipinski definition) is 3. The van der Waals surface area contributed by atoms with Gasteiger partial charge in [-0.05, 0) is 31.0 Å². The molecule has 0 aliphatic carbocycles. The minimum Gasteiger partial charge on any atom is -0.344 e. The molecule has 3 N–H and O–H groups in total. The van der Waals surface area contributed by atoms with E-state index < -0.39 is 17.3 Å². The number of nitrogens with zero attached hydrogens (tertiary/aromatic N) is 3. The van der Waals surface area contributed by atoms with Crippen molar-refractivity contribution in [3.63, 3.8) is 0 Å². The minimum atomic E-state index is -4.38. The molecule has 0 bridgehead atoms. The van der Waals surface area contributed by atoms with Crippen molar-refractivity contribution < 1.29 is 23.7 Å². The zero-order chi connectivity index (χ0) is 20.5. The van der Waals surface area contributed by atoms with Crippen LogP contribution in [0.3, 0.4) is 0 Å². The van der Waals surface area contributed by atoms with Crippen molar-refractivity contribution in [1.29, 1.82) is 0 Å². The molecule has 2 aromatic rings. The predicted molar refractivity (Wildman–Crippen MR) is 96.6 cm³/mol. The second-order valence-electron chi connectivity index (χ2n) is 7.03. The number of likely N-dealkylation sites (N-methyl/N-ethyl adjacent to an activating group) is 1. The number of carbonyl (C=O) groups excluding carboxylic acids is 1. The van der Waals surface area contributed by atoms with E-state index in [1.165, 1.54) is 12.1 Å². The van der Waals surface area contributed by atoms with Crippen molar-refractivity contribution in [2.45, 2.75) is 31.5 Å². The van der Waals surface area contributed by atoms with Crippen molar-refractivity contribution >= 4 is 5.91 Å². The first-order chi connectivity index (χ1) is 13.1. The third-order valence-electron chi connectivity index (χ3n) is 4.72. The molecule has 5 nitrogen and oxygen atoms in total. The molecular formula is C20H20F3N4O+. The van der Waals surface area contributed by atoms with Gasteiger partial charge in [0.25, 0.3) is 5.91 Å². The van der Waals surface area contributed by atoms with Gasteiger partial charge in [-0.25, -0.2) is 9.97 Å². The van der Waals surface area contributed by atoms with E-state index in [0.717, 1.165) is 12.1 Å². The van der Waals surface area contributed by atoms with Crippen molar-refractivity contribution in [3.05, 3.63) is 47.4 Å². The van der Waals surface area contributed by atoms with Crippen LogP contribution in [0.4, 0.5) is 13.2 Å². The molecule has 0 radical (unpaired) electrons. The van der Waals surface area contributed by atoms with Gasteiger partial charge in [0.2, 0.25) is 5.82 Å². The van der Waals surface area contributed by atoms with Gasteiger partial charge in [-0.15, -0.1) is 0 Å². The monoisotopic (exact) mass is 389 g/mol. The van der Waals surface area contributed by atoms with Gasteiger partial charge in [-0.3, -0.25) is 4.79 Å². The lowest BCUT2D eigenvalue weighted by molar-refractivity contribution is -0.454. The van der Waals surface area contributed by atoms with Crippen LogP contribution in [-0.2, 0) is 11.0 Å². The van der Waals surface area contributed by atoms with Gasteiger partial charge in [0.1, 0.15) is 0 Å². The van der Waals surface area contributed by atoms with Crippen molar-refractivity contribution in [2.75, 3.05) is 13.6 Å². The molecule has 2 heterocycles. The number of carbonyl (C=O) groups is 1. The fourth-order valence-electron chi connectivity index (χ4n) is 3.05. The Balaban J connectivity index is 1.82. The minimum absolute atomic E-state index is 0.0302. The first-order valence-electron chi connectivity index (χ1n) is 8.72. The lowest BCUT2D eigenvalue weighted by atomic mass is 9.95. The summed E-state index contributed by atoms with van der Waals surface area (Å²) in [6.07, 6.45) is -3.45. The predicted octanol–water partition coefficient (Wildman–Crippen LogP) is 2.06. The first kappa shape index (κ1) is 19.8. The summed E-state index contributed by atoms with van der Waals surface area (Å²) in [6.45, 7) is 2.42. The number of benzene rings is 1. The summed E-state index contributed by atoms with van der Waals surface area (Å²) in [7, 11) is 1.74. The van der Waals surface area contributed by atoms with E-state index in [-0.39, 0.29) is 11.7 Å². The Kier molecular flexibility index (Phi) is 5.13. The molecule has 8 heteroatoms. The highest BCUT2D eigenvalue weighted by atomic mass is 19.4. The number of amides is 1. The SMILES string of the molecule is Cc1cc(-c2ccc(C(F)(F)F)cc2)nc(C#CC[C@]2([NH3+])CCN(C)C2=O)n1. The fourth-order valence-corrected chi connectivity index (χ4v) is 3.05. The average molecular weight is 389 g/mol. The molecule has 0 spiro atoms. The maximum absolute atomic E-state index is 12.7. The number of quaternary nitrogens is 1. The van der Waals surface area contributed by atoms with Crippen molar-refractivity contribution in [3.8, 4) is 23.1 Å². The van der Waals surface area contributed by atoms with Crippen LogP contribution in [0.1, 0.15) is 29.9 Å². The van der Waals surface area contributed by atoms with E-state index in [4.69, 9.17) is 0 Å². The van der Waals surface area contributed by atoms with Crippen LogP contribution in [0.25, 0.3) is 11.3 Å². The molecule has 28 heavy (non-hydrogen) atoms. The highest BCUT2D eigenvalue weighted by Gasteiger charge is 2.45. The molecule has 3 rings (SSSR count). The molecule has 1 saturated heterocycles.